The number of aromatic amines is 1. The predicted molar refractivity (Wildman–Crippen MR) is 68.9 cm³/mol. The van der Waals surface area contributed by atoms with Crippen molar-refractivity contribution in [1.82, 2.24) is 20.2 Å². The molecule has 96 valence electrons. The Bertz CT molecular complexity index is 687. The average molecular weight is 275 g/mol. The van der Waals surface area contributed by atoms with Gasteiger partial charge in [0.05, 0.1) is 6.26 Å². The zero-order valence-corrected chi connectivity index (χ0v) is 10.7. The lowest BCUT2D eigenvalue weighted by Gasteiger charge is -1.98. The number of hydrogen-bond donors (Lipinski definition) is 2. The molecule has 8 heteroatoms. The van der Waals surface area contributed by atoms with Crippen molar-refractivity contribution in [2.45, 2.75) is 6.92 Å². The van der Waals surface area contributed by atoms with Crippen molar-refractivity contribution >= 4 is 23.2 Å². The minimum atomic E-state index is -0.330. The smallest absolute Gasteiger partial charge is 0.277 e. The van der Waals surface area contributed by atoms with Crippen LogP contribution in [0.2, 0.25) is 0 Å². The molecule has 3 heterocycles. The van der Waals surface area contributed by atoms with E-state index >= 15 is 0 Å². The van der Waals surface area contributed by atoms with Crippen LogP contribution in [0.4, 0.5) is 5.95 Å². The average Bonchev–Trinajstić information content (AvgIpc) is 3.07. The zero-order valence-electron chi connectivity index (χ0n) is 9.88. The molecule has 2 N–H and O–H groups in total. The Kier molecular flexibility index (Phi) is 2.84. The van der Waals surface area contributed by atoms with Crippen molar-refractivity contribution in [3.8, 4) is 10.8 Å². The van der Waals surface area contributed by atoms with Gasteiger partial charge in [-0.1, -0.05) is 0 Å². The van der Waals surface area contributed by atoms with Gasteiger partial charge in [0, 0.05) is 4.88 Å². The molecule has 0 unspecified atom stereocenters. The molecular formula is C11H9N5O2S. The number of nitrogens with zero attached hydrogens (tertiary/aromatic N) is 3. The first kappa shape index (κ1) is 11.6. The maximum absolute atomic E-state index is 12.0. The fraction of sp³-hybridized carbons (Fsp3) is 0.0909. The third-order valence-electron chi connectivity index (χ3n) is 2.39. The molecule has 0 saturated heterocycles. The second-order valence-corrected chi connectivity index (χ2v) is 4.89. The van der Waals surface area contributed by atoms with E-state index in [-0.39, 0.29) is 11.9 Å². The van der Waals surface area contributed by atoms with Gasteiger partial charge in [-0.05, 0) is 19.1 Å². The highest BCUT2D eigenvalue weighted by molar-refractivity contribution is 7.15. The molecule has 0 aliphatic carbocycles. The van der Waals surface area contributed by atoms with Crippen LogP contribution in [0, 0.1) is 6.92 Å². The summed E-state index contributed by atoms with van der Waals surface area (Å²) in [6, 6.07) is 3.58. The van der Waals surface area contributed by atoms with Crippen molar-refractivity contribution in [2.24, 2.45) is 0 Å². The van der Waals surface area contributed by atoms with E-state index in [4.69, 9.17) is 4.42 Å². The number of carbonyl (C=O) groups is 1. The van der Waals surface area contributed by atoms with E-state index in [1.807, 2.05) is 6.92 Å². The van der Waals surface area contributed by atoms with Gasteiger partial charge in [-0.3, -0.25) is 10.1 Å². The number of aromatic nitrogens is 4. The highest BCUT2D eigenvalue weighted by Crippen LogP contribution is 2.28. The summed E-state index contributed by atoms with van der Waals surface area (Å²) in [5.74, 6) is 0.604. The fourth-order valence-corrected chi connectivity index (χ4v) is 2.42. The predicted octanol–water partition coefficient (Wildman–Crippen LogP) is 2.08. The van der Waals surface area contributed by atoms with E-state index in [1.54, 1.807) is 18.4 Å². The van der Waals surface area contributed by atoms with Crippen LogP contribution in [0.25, 0.3) is 10.8 Å². The molecule has 7 nitrogen and oxygen atoms in total. The number of furan rings is 1. The second-order valence-electron chi connectivity index (χ2n) is 3.69. The largest absolute Gasteiger partial charge is 0.462 e. The molecular weight excluding hydrogens is 266 g/mol. The number of nitrogens with one attached hydrogen (secondary N) is 2. The van der Waals surface area contributed by atoms with Crippen LogP contribution in [0.1, 0.15) is 15.4 Å². The normalized spacial score (nSPS) is 10.6. The van der Waals surface area contributed by atoms with Crippen molar-refractivity contribution in [3.05, 3.63) is 35.3 Å². The van der Waals surface area contributed by atoms with Gasteiger partial charge in [0.15, 0.2) is 10.8 Å². The highest BCUT2D eigenvalue weighted by atomic mass is 32.1. The lowest BCUT2D eigenvalue weighted by atomic mass is 10.3. The number of amides is 1. The minimum absolute atomic E-state index is 0.289. The van der Waals surface area contributed by atoms with Crippen LogP contribution in [0.15, 0.2) is 29.1 Å². The number of H-pyrrole nitrogens is 1. The van der Waals surface area contributed by atoms with Crippen molar-refractivity contribution in [2.75, 3.05) is 5.32 Å². The number of hydrogen-bond acceptors (Lipinski definition) is 6. The molecule has 0 radical (unpaired) electrons. The lowest BCUT2D eigenvalue weighted by molar-refractivity contribution is 0.102. The molecule has 0 spiro atoms. The quantitative estimate of drug-likeness (QED) is 0.762. The Labute approximate surface area is 111 Å². The third kappa shape index (κ3) is 2.25. The molecule has 0 aliphatic rings. The lowest BCUT2D eigenvalue weighted by Crippen LogP contribution is -2.14. The van der Waals surface area contributed by atoms with Gasteiger partial charge in [-0.25, -0.2) is 10.1 Å². The zero-order chi connectivity index (χ0) is 13.2. The molecule has 3 rings (SSSR count). The number of rotatable bonds is 3. The van der Waals surface area contributed by atoms with Crippen LogP contribution in [-0.4, -0.2) is 26.1 Å². The molecule has 1 amide bonds. The van der Waals surface area contributed by atoms with Gasteiger partial charge >= 0.3 is 0 Å². The topological polar surface area (TPSA) is 96.7 Å². The van der Waals surface area contributed by atoms with E-state index in [1.165, 1.54) is 17.7 Å². The first-order valence-electron chi connectivity index (χ1n) is 5.42. The molecule has 0 saturated carbocycles. The van der Waals surface area contributed by atoms with E-state index < -0.39 is 0 Å². The molecule has 3 aromatic rings. The molecule has 0 atom stereocenters. The first-order valence-corrected chi connectivity index (χ1v) is 6.23. The van der Waals surface area contributed by atoms with Gasteiger partial charge in [0.2, 0.25) is 5.95 Å². The molecule has 0 bridgehead atoms. The first-order chi connectivity index (χ1) is 9.24. The molecule has 19 heavy (non-hydrogen) atoms. The minimum Gasteiger partial charge on any atom is -0.462 e. The number of carbonyl (C=O) groups excluding carboxylic acids is 1. The Morgan fingerprint density at radius 1 is 1.53 bits per heavy atom. The summed E-state index contributed by atoms with van der Waals surface area (Å²) in [6.07, 6.45) is 2.89. The Balaban J connectivity index is 1.87. The van der Waals surface area contributed by atoms with Crippen molar-refractivity contribution < 1.29 is 9.21 Å². The van der Waals surface area contributed by atoms with Gasteiger partial charge in [0.25, 0.3) is 5.91 Å². The SMILES string of the molecule is Cc1sc(-c2ccco2)nc1C(=O)Nc1ncn[nH]1. The molecule has 0 fully saturated rings. The Hall–Kier alpha value is -2.48. The molecule has 0 aromatic carbocycles. The standard InChI is InChI=1S/C11H9N5O2S/c1-6-8(9(17)15-11-12-5-13-16-11)14-10(19-6)7-3-2-4-18-7/h2-5H,1H3,(H2,12,13,15,16,17). The van der Waals surface area contributed by atoms with Crippen LogP contribution < -0.4 is 5.32 Å². The van der Waals surface area contributed by atoms with Gasteiger partial charge in [0.1, 0.15) is 12.0 Å². The second kappa shape index (κ2) is 4.65. The summed E-state index contributed by atoms with van der Waals surface area (Å²) in [6.45, 7) is 1.83. The van der Waals surface area contributed by atoms with Crippen LogP contribution in [0.5, 0.6) is 0 Å². The maximum Gasteiger partial charge on any atom is 0.277 e. The Morgan fingerprint density at radius 2 is 2.42 bits per heavy atom. The van der Waals surface area contributed by atoms with Crippen molar-refractivity contribution in [1.29, 1.82) is 0 Å². The monoisotopic (exact) mass is 275 g/mol. The maximum atomic E-state index is 12.0. The summed E-state index contributed by atoms with van der Waals surface area (Å²) in [5.41, 5.74) is 0.354. The van der Waals surface area contributed by atoms with Gasteiger partial charge < -0.3 is 4.42 Å². The van der Waals surface area contributed by atoms with Crippen molar-refractivity contribution in [3.63, 3.8) is 0 Å². The third-order valence-corrected chi connectivity index (χ3v) is 3.38. The van der Waals surface area contributed by atoms with E-state index in [0.29, 0.717) is 16.5 Å². The summed E-state index contributed by atoms with van der Waals surface area (Å²) >= 11 is 1.40. The highest BCUT2D eigenvalue weighted by Gasteiger charge is 2.18. The summed E-state index contributed by atoms with van der Waals surface area (Å²) in [5, 5.41) is 9.46. The number of aryl methyl sites for hydroxylation is 1. The fourth-order valence-electron chi connectivity index (χ4n) is 1.55. The Morgan fingerprint density at radius 3 is 3.11 bits per heavy atom. The molecule has 3 aromatic heterocycles. The summed E-state index contributed by atoms with van der Waals surface area (Å²) in [7, 11) is 0. The van der Waals surface area contributed by atoms with Gasteiger partial charge in [-0.15, -0.1) is 11.3 Å². The number of thiazole rings is 1. The van der Waals surface area contributed by atoms with Crippen LogP contribution in [0.3, 0.4) is 0 Å². The number of anilines is 1. The van der Waals surface area contributed by atoms with Crippen LogP contribution in [-0.2, 0) is 0 Å². The van der Waals surface area contributed by atoms with E-state index in [9.17, 15) is 4.79 Å². The van der Waals surface area contributed by atoms with Gasteiger partial charge in [-0.2, -0.15) is 10.1 Å². The summed E-state index contributed by atoms with van der Waals surface area (Å²) in [4.78, 5) is 20.9. The van der Waals surface area contributed by atoms with E-state index in [2.05, 4.69) is 25.5 Å². The molecule has 0 aliphatic heterocycles. The summed E-state index contributed by atoms with van der Waals surface area (Å²) < 4.78 is 5.26. The van der Waals surface area contributed by atoms with E-state index in [0.717, 1.165) is 4.88 Å². The van der Waals surface area contributed by atoms with Crippen LogP contribution >= 0.6 is 11.3 Å².